The van der Waals surface area contributed by atoms with Crippen molar-refractivity contribution in [3.63, 3.8) is 0 Å². The predicted molar refractivity (Wildman–Crippen MR) is 127 cm³/mol. The molecule has 0 aliphatic carbocycles. The number of sulfonamides is 1. The summed E-state index contributed by atoms with van der Waals surface area (Å²) >= 11 is 0. The minimum atomic E-state index is -3.70. The SMILES string of the molecule is O=S(=O)(c1ccc2c(c1)OCCO2)N1CCCC(c2ncc3nnn(Cc4ccccc4)c3n2)C1. The first-order chi connectivity index (χ1) is 17.1. The summed E-state index contributed by atoms with van der Waals surface area (Å²) in [4.78, 5) is 9.48. The Hall–Kier alpha value is -3.57. The van der Waals surface area contributed by atoms with E-state index < -0.39 is 10.0 Å². The fraction of sp³-hybridized carbons (Fsp3) is 0.333. The number of hydrogen-bond donors (Lipinski definition) is 0. The van der Waals surface area contributed by atoms with Crippen molar-refractivity contribution < 1.29 is 17.9 Å². The van der Waals surface area contributed by atoms with Crippen molar-refractivity contribution in [2.45, 2.75) is 30.2 Å². The number of piperidine rings is 1. The lowest BCUT2D eigenvalue weighted by Crippen LogP contribution is -2.39. The van der Waals surface area contributed by atoms with Gasteiger partial charge >= 0.3 is 0 Å². The average molecular weight is 493 g/mol. The van der Waals surface area contributed by atoms with Gasteiger partial charge in [0.05, 0.1) is 17.6 Å². The molecule has 11 heteroatoms. The molecular weight excluding hydrogens is 468 g/mol. The summed E-state index contributed by atoms with van der Waals surface area (Å²) in [6.45, 7) is 2.16. The van der Waals surface area contributed by atoms with Gasteiger partial charge in [-0.15, -0.1) is 5.10 Å². The van der Waals surface area contributed by atoms with Crippen molar-refractivity contribution >= 4 is 21.2 Å². The van der Waals surface area contributed by atoms with Gasteiger partial charge in [0.1, 0.15) is 19.0 Å². The third kappa shape index (κ3) is 4.21. The average Bonchev–Trinajstić information content (AvgIpc) is 3.31. The molecule has 6 rings (SSSR count). The van der Waals surface area contributed by atoms with Crippen LogP contribution in [0, 0.1) is 0 Å². The van der Waals surface area contributed by atoms with Crippen LogP contribution in [0.5, 0.6) is 11.5 Å². The van der Waals surface area contributed by atoms with Gasteiger partial charge in [0, 0.05) is 25.1 Å². The van der Waals surface area contributed by atoms with Crippen LogP contribution >= 0.6 is 0 Å². The Morgan fingerprint density at radius 2 is 1.86 bits per heavy atom. The molecule has 2 aromatic carbocycles. The summed E-state index contributed by atoms with van der Waals surface area (Å²) in [5.74, 6) is 1.50. The van der Waals surface area contributed by atoms with Crippen molar-refractivity contribution in [2.75, 3.05) is 26.3 Å². The van der Waals surface area contributed by atoms with Crippen molar-refractivity contribution in [1.82, 2.24) is 29.3 Å². The van der Waals surface area contributed by atoms with E-state index in [-0.39, 0.29) is 10.8 Å². The van der Waals surface area contributed by atoms with Gasteiger partial charge in [0.2, 0.25) is 10.0 Å². The Labute approximate surface area is 202 Å². The smallest absolute Gasteiger partial charge is 0.243 e. The second-order valence-corrected chi connectivity index (χ2v) is 10.6. The van der Waals surface area contributed by atoms with E-state index in [1.54, 1.807) is 29.1 Å². The molecule has 1 fully saturated rings. The van der Waals surface area contributed by atoms with E-state index in [9.17, 15) is 8.42 Å². The summed E-state index contributed by atoms with van der Waals surface area (Å²) < 4.78 is 41.3. The molecule has 2 aliphatic heterocycles. The quantitative estimate of drug-likeness (QED) is 0.418. The molecule has 0 spiro atoms. The highest BCUT2D eigenvalue weighted by molar-refractivity contribution is 7.89. The Bertz CT molecular complexity index is 1470. The van der Waals surface area contributed by atoms with Gasteiger partial charge in [-0.05, 0) is 30.5 Å². The zero-order valence-electron chi connectivity index (χ0n) is 18.9. The molecule has 4 heterocycles. The Morgan fingerprint density at radius 1 is 1.03 bits per heavy atom. The molecule has 1 unspecified atom stereocenters. The Morgan fingerprint density at radius 3 is 2.71 bits per heavy atom. The van der Waals surface area contributed by atoms with Gasteiger partial charge in [0.25, 0.3) is 0 Å². The van der Waals surface area contributed by atoms with Gasteiger partial charge in [-0.25, -0.2) is 23.1 Å². The second-order valence-electron chi connectivity index (χ2n) is 8.68. The summed E-state index contributed by atoms with van der Waals surface area (Å²) in [5, 5.41) is 8.43. The summed E-state index contributed by atoms with van der Waals surface area (Å²) in [7, 11) is -3.70. The highest BCUT2D eigenvalue weighted by Crippen LogP contribution is 2.35. The third-order valence-electron chi connectivity index (χ3n) is 6.35. The van der Waals surface area contributed by atoms with Crippen LogP contribution in [-0.4, -0.2) is 64.0 Å². The van der Waals surface area contributed by atoms with Crippen LogP contribution in [0.15, 0.2) is 59.6 Å². The molecule has 0 radical (unpaired) electrons. The number of rotatable bonds is 5. The van der Waals surface area contributed by atoms with E-state index in [4.69, 9.17) is 14.5 Å². The number of fused-ring (bicyclic) bond motifs is 2. The first-order valence-electron chi connectivity index (χ1n) is 11.6. The molecule has 0 saturated carbocycles. The Kier molecular flexibility index (Phi) is 5.57. The topological polar surface area (TPSA) is 112 Å². The van der Waals surface area contributed by atoms with E-state index in [2.05, 4.69) is 15.3 Å². The second kappa shape index (κ2) is 8.90. The molecule has 1 saturated heterocycles. The number of nitrogens with zero attached hydrogens (tertiary/aromatic N) is 6. The fourth-order valence-corrected chi connectivity index (χ4v) is 6.09. The highest BCUT2D eigenvalue weighted by atomic mass is 32.2. The standard InChI is InChI=1S/C24H24N6O4S/c31-35(32,19-8-9-21-22(13-19)34-12-11-33-21)29-10-4-7-18(16-29)23-25-14-20-24(26-23)30(28-27-20)15-17-5-2-1-3-6-17/h1-3,5-6,8-9,13-14,18H,4,7,10-12,15-16H2. The molecule has 0 amide bonds. The van der Waals surface area contributed by atoms with Crippen LogP contribution < -0.4 is 9.47 Å². The van der Waals surface area contributed by atoms with Crippen LogP contribution in [0.2, 0.25) is 0 Å². The number of benzene rings is 2. The van der Waals surface area contributed by atoms with Gasteiger partial charge in [-0.2, -0.15) is 4.31 Å². The molecule has 4 aromatic rings. The fourth-order valence-electron chi connectivity index (χ4n) is 4.55. The van der Waals surface area contributed by atoms with Crippen molar-refractivity contribution in [3.05, 3.63) is 66.1 Å². The minimum absolute atomic E-state index is 0.125. The van der Waals surface area contributed by atoms with Crippen LogP contribution in [-0.2, 0) is 16.6 Å². The van der Waals surface area contributed by atoms with Crippen LogP contribution in [0.4, 0.5) is 0 Å². The number of hydrogen-bond acceptors (Lipinski definition) is 8. The molecule has 35 heavy (non-hydrogen) atoms. The predicted octanol–water partition coefficient (Wildman–Crippen LogP) is 2.61. The van der Waals surface area contributed by atoms with E-state index in [1.165, 1.54) is 4.31 Å². The summed E-state index contributed by atoms with van der Waals surface area (Å²) in [5.41, 5.74) is 2.35. The lowest BCUT2D eigenvalue weighted by atomic mass is 9.99. The van der Waals surface area contributed by atoms with Crippen molar-refractivity contribution in [2.24, 2.45) is 0 Å². The van der Waals surface area contributed by atoms with E-state index in [1.807, 2.05) is 30.3 Å². The lowest BCUT2D eigenvalue weighted by Gasteiger charge is -2.31. The largest absolute Gasteiger partial charge is 0.486 e. The third-order valence-corrected chi connectivity index (χ3v) is 8.21. The molecule has 2 aromatic heterocycles. The van der Waals surface area contributed by atoms with Gasteiger partial charge in [0.15, 0.2) is 22.7 Å². The van der Waals surface area contributed by atoms with E-state index in [0.717, 1.165) is 18.4 Å². The first-order valence-corrected chi connectivity index (χ1v) is 13.0. The maximum absolute atomic E-state index is 13.4. The van der Waals surface area contributed by atoms with Gasteiger partial charge in [-0.3, -0.25) is 0 Å². The molecule has 1 atom stereocenters. The van der Waals surface area contributed by atoms with Crippen molar-refractivity contribution in [1.29, 1.82) is 0 Å². The molecule has 180 valence electrons. The van der Waals surface area contributed by atoms with E-state index in [0.29, 0.717) is 61.3 Å². The maximum Gasteiger partial charge on any atom is 0.243 e. The first kappa shape index (κ1) is 21.9. The maximum atomic E-state index is 13.4. The summed E-state index contributed by atoms with van der Waals surface area (Å²) in [6.07, 6.45) is 3.19. The van der Waals surface area contributed by atoms with Crippen LogP contribution in [0.3, 0.4) is 0 Å². The highest BCUT2D eigenvalue weighted by Gasteiger charge is 2.33. The van der Waals surface area contributed by atoms with Crippen LogP contribution in [0.25, 0.3) is 11.2 Å². The Balaban J connectivity index is 1.26. The molecule has 0 N–H and O–H groups in total. The summed E-state index contributed by atoms with van der Waals surface area (Å²) in [6, 6.07) is 14.8. The number of aromatic nitrogens is 5. The lowest BCUT2D eigenvalue weighted by molar-refractivity contribution is 0.171. The normalized spacial score (nSPS) is 18.6. The van der Waals surface area contributed by atoms with Gasteiger partial charge in [-0.1, -0.05) is 35.5 Å². The van der Waals surface area contributed by atoms with E-state index >= 15 is 0 Å². The minimum Gasteiger partial charge on any atom is -0.486 e. The molecule has 0 bridgehead atoms. The monoisotopic (exact) mass is 492 g/mol. The number of ether oxygens (including phenoxy) is 2. The van der Waals surface area contributed by atoms with Gasteiger partial charge < -0.3 is 9.47 Å². The molecule has 2 aliphatic rings. The van der Waals surface area contributed by atoms with Crippen LogP contribution in [0.1, 0.15) is 30.1 Å². The van der Waals surface area contributed by atoms with Crippen molar-refractivity contribution in [3.8, 4) is 11.5 Å². The molecular formula is C24H24N6O4S. The molecule has 10 nitrogen and oxygen atoms in total. The zero-order valence-corrected chi connectivity index (χ0v) is 19.8. The zero-order chi connectivity index (χ0) is 23.8.